The van der Waals surface area contributed by atoms with Crippen molar-refractivity contribution < 1.29 is 19.0 Å². The van der Waals surface area contributed by atoms with E-state index < -0.39 is 5.60 Å². The minimum atomic E-state index is -0.503. The molecule has 11 heteroatoms. The number of benzene rings is 1. The lowest BCUT2D eigenvalue weighted by atomic mass is 10.00. The van der Waals surface area contributed by atoms with Gasteiger partial charge in [0.1, 0.15) is 17.9 Å². The number of carbonyl (C=O) groups excluding carboxylic acids is 1. The molecule has 4 atom stereocenters. The number of H-pyrrole nitrogens is 1. The molecule has 220 valence electrons. The maximum absolute atomic E-state index is 12.8. The van der Waals surface area contributed by atoms with Crippen LogP contribution in [0.3, 0.4) is 0 Å². The van der Waals surface area contributed by atoms with Gasteiger partial charge in [-0.1, -0.05) is 6.07 Å². The highest BCUT2D eigenvalue weighted by atomic mass is 16.6. The molecule has 0 saturated carbocycles. The van der Waals surface area contributed by atoms with Gasteiger partial charge in [-0.3, -0.25) is 5.10 Å². The topological polar surface area (TPSA) is 120 Å². The number of ether oxygens (including phenoxy) is 3. The summed E-state index contributed by atoms with van der Waals surface area (Å²) in [4.78, 5) is 14.7. The predicted molar refractivity (Wildman–Crippen MR) is 156 cm³/mol. The van der Waals surface area contributed by atoms with Gasteiger partial charge >= 0.3 is 6.09 Å². The zero-order valence-electron chi connectivity index (χ0n) is 24.3. The monoisotopic (exact) mass is 571 g/mol. The lowest BCUT2D eigenvalue weighted by molar-refractivity contribution is -0.0394. The SMILES string of the molecule is CC(C)(C)OC(=O)N1[C@@H]2CC[C@H]1CC(Oc1ccc(-c3ccc(-c4cnn(C5CCCCO5)c4)c4cn[nH]c34)nn1)C2. The Morgan fingerprint density at radius 1 is 1.00 bits per heavy atom. The highest BCUT2D eigenvalue weighted by molar-refractivity contribution is 6.01. The summed E-state index contributed by atoms with van der Waals surface area (Å²) in [5, 5.41) is 22.0. The molecule has 3 aliphatic heterocycles. The smallest absolute Gasteiger partial charge is 0.410 e. The van der Waals surface area contributed by atoms with E-state index in [-0.39, 0.29) is 30.5 Å². The van der Waals surface area contributed by atoms with Crippen LogP contribution in [0.15, 0.2) is 42.9 Å². The summed E-state index contributed by atoms with van der Waals surface area (Å²) in [6.07, 6.45) is 12.2. The molecule has 1 amide bonds. The number of nitrogens with zero attached hydrogens (tertiary/aromatic N) is 6. The Hall–Kier alpha value is -3.99. The van der Waals surface area contributed by atoms with Crippen molar-refractivity contribution in [3.8, 4) is 28.3 Å². The van der Waals surface area contributed by atoms with Gasteiger partial charge in [0, 0.05) is 60.3 Å². The van der Waals surface area contributed by atoms with E-state index in [2.05, 4.69) is 31.6 Å². The number of aromatic amines is 1. The van der Waals surface area contributed by atoms with Crippen LogP contribution in [0.5, 0.6) is 5.88 Å². The Bertz CT molecular complexity index is 1550. The standard InChI is InChI=1S/C31H37N7O4/c1-31(2,3)42-30(39)38-20-7-8-21(38)15-22(14-20)41-27-12-11-26(34-35-27)24-10-9-23(25-17-32-36-29(24)25)19-16-33-37(18-19)28-6-4-5-13-40-28/h9-12,16-18,20-22,28H,4-8,13-15H2,1-3H3,(H,32,36)/t20-,21+,22?,28?. The molecular weight excluding hydrogens is 534 g/mol. The van der Waals surface area contributed by atoms with Gasteiger partial charge in [-0.2, -0.15) is 10.2 Å². The normalized spacial score (nSPS) is 24.2. The molecule has 7 rings (SSSR count). The average Bonchev–Trinajstić information content (AvgIpc) is 3.71. The third-order valence-corrected chi connectivity index (χ3v) is 8.48. The van der Waals surface area contributed by atoms with Crippen molar-refractivity contribution in [2.45, 2.75) is 95.7 Å². The Morgan fingerprint density at radius 2 is 1.81 bits per heavy atom. The average molecular weight is 572 g/mol. The molecule has 1 N–H and O–H groups in total. The van der Waals surface area contributed by atoms with Crippen LogP contribution < -0.4 is 4.74 Å². The molecular formula is C31H37N7O4. The maximum Gasteiger partial charge on any atom is 0.410 e. The molecule has 2 bridgehead atoms. The predicted octanol–water partition coefficient (Wildman–Crippen LogP) is 5.89. The Kier molecular flexibility index (Phi) is 6.84. The van der Waals surface area contributed by atoms with E-state index in [1.165, 1.54) is 0 Å². The first-order valence-electron chi connectivity index (χ1n) is 15.0. The zero-order valence-corrected chi connectivity index (χ0v) is 24.3. The van der Waals surface area contributed by atoms with Crippen LogP contribution in [-0.2, 0) is 9.47 Å². The summed E-state index contributed by atoms with van der Waals surface area (Å²) >= 11 is 0. The number of aromatic nitrogens is 6. The molecule has 3 fully saturated rings. The van der Waals surface area contributed by atoms with E-state index in [0.29, 0.717) is 5.88 Å². The highest BCUT2D eigenvalue weighted by Gasteiger charge is 2.45. The van der Waals surface area contributed by atoms with Crippen molar-refractivity contribution in [2.24, 2.45) is 0 Å². The fourth-order valence-corrected chi connectivity index (χ4v) is 6.60. The second kappa shape index (κ2) is 10.7. The lowest BCUT2D eigenvalue weighted by Crippen LogP contribution is -2.50. The van der Waals surface area contributed by atoms with E-state index in [0.717, 1.165) is 84.8 Å². The number of piperidine rings is 1. The first-order valence-corrected chi connectivity index (χ1v) is 15.0. The largest absolute Gasteiger partial charge is 0.473 e. The summed E-state index contributed by atoms with van der Waals surface area (Å²) in [5.41, 5.74) is 4.10. The molecule has 6 heterocycles. The van der Waals surface area contributed by atoms with Crippen molar-refractivity contribution in [3.05, 3.63) is 42.9 Å². The second-order valence-corrected chi connectivity index (χ2v) is 12.6. The van der Waals surface area contributed by atoms with E-state index in [9.17, 15) is 4.79 Å². The second-order valence-electron chi connectivity index (χ2n) is 12.6. The first-order chi connectivity index (χ1) is 20.3. The Labute approximate surface area is 244 Å². The van der Waals surface area contributed by atoms with E-state index in [4.69, 9.17) is 14.2 Å². The molecule has 0 spiro atoms. The third-order valence-electron chi connectivity index (χ3n) is 8.48. The van der Waals surface area contributed by atoms with Crippen LogP contribution in [0, 0.1) is 0 Å². The van der Waals surface area contributed by atoms with E-state index in [1.807, 2.05) is 67.1 Å². The fraction of sp³-hybridized carbons (Fsp3) is 0.516. The summed E-state index contributed by atoms with van der Waals surface area (Å²) in [6, 6.07) is 8.18. The number of fused-ring (bicyclic) bond motifs is 3. The zero-order chi connectivity index (χ0) is 28.8. The fourth-order valence-electron chi connectivity index (χ4n) is 6.60. The van der Waals surface area contributed by atoms with Gasteiger partial charge in [-0.05, 0) is 70.6 Å². The van der Waals surface area contributed by atoms with Crippen LogP contribution >= 0.6 is 0 Å². The lowest BCUT2D eigenvalue weighted by Gasteiger charge is -2.39. The molecule has 2 unspecified atom stereocenters. The minimum Gasteiger partial charge on any atom is -0.473 e. The summed E-state index contributed by atoms with van der Waals surface area (Å²) in [5.74, 6) is 0.490. The quantitative estimate of drug-likeness (QED) is 0.315. The highest BCUT2D eigenvalue weighted by Crippen LogP contribution is 2.39. The number of carbonyl (C=O) groups is 1. The van der Waals surface area contributed by atoms with Gasteiger partial charge in [-0.25, -0.2) is 9.48 Å². The molecule has 11 nitrogen and oxygen atoms in total. The number of nitrogens with one attached hydrogen (secondary N) is 1. The van der Waals surface area contributed by atoms with Crippen molar-refractivity contribution in [3.63, 3.8) is 0 Å². The van der Waals surface area contributed by atoms with Crippen molar-refractivity contribution >= 4 is 17.0 Å². The molecule has 3 aliphatic rings. The van der Waals surface area contributed by atoms with Crippen LogP contribution in [0.4, 0.5) is 4.79 Å². The first kappa shape index (κ1) is 26.9. The number of amides is 1. The van der Waals surface area contributed by atoms with Gasteiger partial charge in [0.15, 0.2) is 0 Å². The number of hydrogen-bond donors (Lipinski definition) is 1. The van der Waals surface area contributed by atoms with Crippen molar-refractivity contribution in [2.75, 3.05) is 6.61 Å². The molecule has 3 saturated heterocycles. The number of hydrogen-bond acceptors (Lipinski definition) is 8. The molecule has 1 aromatic carbocycles. The van der Waals surface area contributed by atoms with Gasteiger partial charge in [-0.15, -0.1) is 10.2 Å². The van der Waals surface area contributed by atoms with Gasteiger partial charge in [0.05, 0.1) is 23.6 Å². The molecule has 4 aromatic rings. The van der Waals surface area contributed by atoms with E-state index in [1.54, 1.807) is 0 Å². The van der Waals surface area contributed by atoms with Crippen molar-refractivity contribution in [1.29, 1.82) is 0 Å². The van der Waals surface area contributed by atoms with Gasteiger partial charge in [0.2, 0.25) is 5.88 Å². The van der Waals surface area contributed by atoms with Gasteiger partial charge < -0.3 is 19.1 Å². The summed E-state index contributed by atoms with van der Waals surface area (Å²) in [6.45, 7) is 6.48. The Morgan fingerprint density at radius 3 is 2.52 bits per heavy atom. The van der Waals surface area contributed by atoms with Crippen molar-refractivity contribution in [1.82, 2.24) is 35.1 Å². The van der Waals surface area contributed by atoms with E-state index >= 15 is 0 Å². The van der Waals surface area contributed by atoms with Gasteiger partial charge in [0.25, 0.3) is 0 Å². The minimum absolute atomic E-state index is 0.00435. The molecule has 0 aliphatic carbocycles. The third kappa shape index (κ3) is 5.21. The van der Waals surface area contributed by atoms with Crippen LogP contribution in [0.2, 0.25) is 0 Å². The Balaban J connectivity index is 1.05. The molecule has 3 aromatic heterocycles. The summed E-state index contributed by atoms with van der Waals surface area (Å²) in [7, 11) is 0. The van der Waals surface area contributed by atoms with Crippen LogP contribution in [-0.4, -0.2) is 71.6 Å². The molecule has 42 heavy (non-hydrogen) atoms. The molecule has 0 radical (unpaired) electrons. The number of rotatable bonds is 5. The summed E-state index contributed by atoms with van der Waals surface area (Å²) < 4.78 is 19.7. The van der Waals surface area contributed by atoms with Crippen LogP contribution in [0.1, 0.15) is 71.9 Å². The maximum atomic E-state index is 12.8. The van der Waals surface area contributed by atoms with Crippen LogP contribution in [0.25, 0.3) is 33.3 Å².